The number of nitrogens with one attached hydrogen (secondary N) is 1. The summed E-state index contributed by atoms with van der Waals surface area (Å²) < 4.78 is 25.5. The van der Waals surface area contributed by atoms with Crippen molar-refractivity contribution in [2.45, 2.75) is 20.4 Å². The summed E-state index contributed by atoms with van der Waals surface area (Å²) in [5, 5.41) is 6.22. The number of aromatic nitrogens is 2. The van der Waals surface area contributed by atoms with E-state index in [0.717, 1.165) is 23.1 Å². The highest BCUT2D eigenvalue weighted by Gasteiger charge is 2.13. The number of nitrogens with zero attached hydrogens (tertiary/aromatic N) is 3. The van der Waals surface area contributed by atoms with Gasteiger partial charge in [-0.3, -0.25) is 14.4 Å². The number of amides is 2. The molecule has 0 spiro atoms. The number of thioether (sulfide) groups is 1. The van der Waals surface area contributed by atoms with Crippen LogP contribution in [0.25, 0.3) is 10.2 Å². The summed E-state index contributed by atoms with van der Waals surface area (Å²) in [6, 6.07) is 5.69. The summed E-state index contributed by atoms with van der Waals surface area (Å²) in [6.07, 6.45) is 0. The van der Waals surface area contributed by atoms with Gasteiger partial charge in [-0.1, -0.05) is 16.5 Å². The molecule has 0 radical (unpaired) electrons. The average molecular weight is 467 g/mol. The van der Waals surface area contributed by atoms with Gasteiger partial charge in [0.2, 0.25) is 5.91 Å². The van der Waals surface area contributed by atoms with Crippen molar-refractivity contribution >= 4 is 56.9 Å². The van der Waals surface area contributed by atoms with Gasteiger partial charge in [-0.15, -0.1) is 11.8 Å². The second kappa shape index (κ2) is 10.4. The minimum atomic E-state index is -0.491. The number of halogens is 1. The molecule has 0 bridgehead atoms. The SMILES string of the molecule is CCOC(=O)Cn1c(=NC(=O)CSCC(=O)Nc2cc(C)on2)sc2cc(F)ccc21. The van der Waals surface area contributed by atoms with Crippen molar-refractivity contribution in [3.8, 4) is 0 Å². The number of anilines is 1. The Bertz CT molecular complexity index is 1180. The van der Waals surface area contributed by atoms with Gasteiger partial charge in [0.25, 0.3) is 5.91 Å². The Morgan fingerprint density at radius 2 is 2.13 bits per heavy atom. The van der Waals surface area contributed by atoms with E-state index in [2.05, 4.69) is 15.5 Å². The number of carbonyl (C=O) groups is 3. The quantitative estimate of drug-likeness (QED) is 0.507. The molecule has 2 heterocycles. The normalized spacial score (nSPS) is 11.6. The topological polar surface area (TPSA) is 116 Å². The lowest BCUT2D eigenvalue weighted by Gasteiger charge is -2.05. The first-order chi connectivity index (χ1) is 14.9. The van der Waals surface area contributed by atoms with E-state index < -0.39 is 17.7 Å². The number of hydrogen-bond donors (Lipinski definition) is 1. The molecule has 1 N–H and O–H groups in total. The van der Waals surface area contributed by atoms with Crippen LogP contribution in [-0.2, 0) is 25.7 Å². The first-order valence-electron chi connectivity index (χ1n) is 9.18. The molecule has 0 aliphatic rings. The number of fused-ring (bicyclic) bond motifs is 1. The molecular formula is C19H19FN4O5S2. The number of aryl methyl sites for hydroxylation is 1. The van der Waals surface area contributed by atoms with E-state index in [1.807, 2.05) is 0 Å². The van der Waals surface area contributed by atoms with Gasteiger partial charge in [0.15, 0.2) is 10.6 Å². The molecule has 12 heteroatoms. The van der Waals surface area contributed by atoms with Crippen molar-refractivity contribution in [2.75, 3.05) is 23.4 Å². The lowest BCUT2D eigenvalue weighted by Crippen LogP contribution is -2.23. The zero-order valence-corrected chi connectivity index (χ0v) is 18.3. The maximum absolute atomic E-state index is 13.6. The molecule has 0 unspecified atom stereocenters. The fraction of sp³-hybridized carbons (Fsp3) is 0.316. The summed E-state index contributed by atoms with van der Waals surface area (Å²) >= 11 is 2.17. The smallest absolute Gasteiger partial charge is 0.326 e. The summed E-state index contributed by atoms with van der Waals surface area (Å²) in [5.74, 6) is -0.900. The molecule has 2 aromatic heterocycles. The Labute approximate surface area is 184 Å². The standard InChI is InChI=1S/C19H19FN4O5S2/c1-3-28-18(27)8-24-13-5-4-12(20)7-14(13)31-19(24)22-17(26)10-30-9-16(25)21-15-6-11(2)29-23-15/h4-7H,3,8-10H2,1-2H3,(H,21,23,25). The minimum Gasteiger partial charge on any atom is -0.465 e. The lowest BCUT2D eigenvalue weighted by molar-refractivity contribution is -0.143. The first-order valence-corrected chi connectivity index (χ1v) is 11.2. The third-order valence-corrected chi connectivity index (χ3v) is 5.77. The Kier molecular flexibility index (Phi) is 7.58. The molecule has 0 saturated carbocycles. The molecule has 31 heavy (non-hydrogen) atoms. The highest BCUT2D eigenvalue weighted by atomic mass is 32.2. The Hall–Kier alpha value is -2.99. The molecule has 2 amide bonds. The van der Waals surface area contributed by atoms with E-state index in [9.17, 15) is 18.8 Å². The maximum atomic E-state index is 13.6. The minimum absolute atomic E-state index is 0.0214. The lowest BCUT2D eigenvalue weighted by atomic mass is 10.3. The first kappa shape index (κ1) is 22.7. The molecule has 3 rings (SSSR count). The van der Waals surface area contributed by atoms with Gasteiger partial charge in [0.05, 0.1) is 28.3 Å². The summed E-state index contributed by atoms with van der Waals surface area (Å²) in [4.78, 5) is 40.5. The van der Waals surface area contributed by atoms with Gasteiger partial charge < -0.3 is 19.1 Å². The van der Waals surface area contributed by atoms with E-state index in [4.69, 9.17) is 9.26 Å². The largest absolute Gasteiger partial charge is 0.465 e. The number of carbonyl (C=O) groups excluding carboxylic acids is 3. The zero-order chi connectivity index (χ0) is 22.4. The molecular weight excluding hydrogens is 447 g/mol. The van der Waals surface area contributed by atoms with E-state index in [1.165, 1.54) is 22.8 Å². The average Bonchev–Trinajstić information content (AvgIpc) is 3.24. The monoisotopic (exact) mass is 466 g/mol. The molecule has 0 atom stereocenters. The molecule has 0 aliphatic carbocycles. The van der Waals surface area contributed by atoms with Crippen molar-refractivity contribution in [3.05, 3.63) is 40.6 Å². The molecule has 0 saturated heterocycles. The highest BCUT2D eigenvalue weighted by Crippen LogP contribution is 2.19. The number of ether oxygens (including phenoxy) is 1. The van der Waals surface area contributed by atoms with Gasteiger partial charge in [-0.05, 0) is 32.0 Å². The highest BCUT2D eigenvalue weighted by molar-refractivity contribution is 8.00. The van der Waals surface area contributed by atoms with Crippen LogP contribution >= 0.6 is 23.1 Å². The second-order valence-corrected chi connectivity index (χ2v) is 8.25. The van der Waals surface area contributed by atoms with Gasteiger partial charge in [-0.2, -0.15) is 4.99 Å². The van der Waals surface area contributed by atoms with Crippen molar-refractivity contribution in [1.29, 1.82) is 0 Å². The van der Waals surface area contributed by atoms with Gasteiger partial charge in [-0.25, -0.2) is 4.39 Å². The van der Waals surface area contributed by atoms with Crippen LogP contribution in [0.4, 0.5) is 10.2 Å². The molecule has 1 aromatic carbocycles. The van der Waals surface area contributed by atoms with Crippen molar-refractivity contribution in [1.82, 2.24) is 9.72 Å². The van der Waals surface area contributed by atoms with Crippen molar-refractivity contribution in [3.63, 3.8) is 0 Å². The predicted molar refractivity (Wildman–Crippen MR) is 114 cm³/mol. The van der Waals surface area contributed by atoms with E-state index in [0.29, 0.717) is 21.8 Å². The predicted octanol–water partition coefficient (Wildman–Crippen LogP) is 2.50. The third-order valence-electron chi connectivity index (χ3n) is 3.81. The van der Waals surface area contributed by atoms with Crippen LogP contribution in [-0.4, -0.2) is 45.6 Å². The van der Waals surface area contributed by atoms with E-state index >= 15 is 0 Å². The number of rotatable bonds is 8. The third kappa shape index (κ3) is 6.25. The fourth-order valence-corrected chi connectivity index (χ4v) is 4.27. The van der Waals surface area contributed by atoms with Crippen LogP contribution in [0.1, 0.15) is 12.7 Å². The molecule has 3 aromatic rings. The summed E-state index contributed by atoms with van der Waals surface area (Å²) in [6.45, 7) is 3.45. The van der Waals surface area contributed by atoms with E-state index in [1.54, 1.807) is 19.9 Å². The number of benzene rings is 1. The number of hydrogen-bond acceptors (Lipinski definition) is 8. The fourth-order valence-electron chi connectivity index (χ4n) is 2.60. The zero-order valence-electron chi connectivity index (χ0n) is 16.7. The van der Waals surface area contributed by atoms with Crippen LogP contribution in [0.5, 0.6) is 0 Å². The number of esters is 1. The maximum Gasteiger partial charge on any atom is 0.326 e. The van der Waals surface area contributed by atoms with E-state index in [-0.39, 0.29) is 35.4 Å². The van der Waals surface area contributed by atoms with Crippen LogP contribution in [0.3, 0.4) is 0 Å². The van der Waals surface area contributed by atoms with Gasteiger partial charge >= 0.3 is 5.97 Å². The molecule has 9 nitrogen and oxygen atoms in total. The summed E-state index contributed by atoms with van der Waals surface area (Å²) in [5.41, 5.74) is 0.570. The number of thiazole rings is 1. The molecule has 0 aliphatic heterocycles. The van der Waals surface area contributed by atoms with Crippen molar-refractivity contribution in [2.24, 2.45) is 4.99 Å². The molecule has 164 valence electrons. The van der Waals surface area contributed by atoms with Crippen LogP contribution in [0.15, 0.2) is 33.8 Å². The van der Waals surface area contributed by atoms with Crippen LogP contribution in [0.2, 0.25) is 0 Å². The summed E-state index contributed by atoms with van der Waals surface area (Å²) in [7, 11) is 0. The van der Waals surface area contributed by atoms with Gasteiger partial charge in [0.1, 0.15) is 18.1 Å². The Morgan fingerprint density at radius 1 is 1.32 bits per heavy atom. The van der Waals surface area contributed by atoms with Gasteiger partial charge in [0, 0.05) is 6.07 Å². The Balaban J connectivity index is 1.69. The second-order valence-electron chi connectivity index (χ2n) is 6.26. The van der Waals surface area contributed by atoms with Crippen LogP contribution in [0, 0.1) is 12.7 Å². The van der Waals surface area contributed by atoms with Crippen molar-refractivity contribution < 1.29 is 28.0 Å². The Morgan fingerprint density at radius 3 is 2.84 bits per heavy atom. The van der Waals surface area contributed by atoms with Crippen LogP contribution < -0.4 is 10.1 Å². The molecule has 0 fully saturated rings.